The minimum atomic E-state index is -0.873. The minimum absolute atomic E-state index is 0.00954. The van der Waals surface area contributed by atoms with Gasteiger partial charge in [-0.1, -0.05) is 24.3 Å². The summed E-state index contributed by atoms with van der Waals surface area (Å²) in [5.74, 6) is -0.334. The first-order valence-electron chi connectivity index (χ1n) is 9.96. The van der Waals surface area contributed by atoms with Crippen LogP contribution in [-0.4, -0.2) is 40.6 Å². The molecule has 1 aliphatic rings. The van der Waals surface area contributed by atoms with Crippen molar-refractivity contribution < 1.29 is 14.3 Å². The van der Waals surface area contributed by atoms with Gasteiger partial charge in [-0.05, 0) is 31.2 Å². The molecule has 0 spiro atoms. The highest BCUT2D eigenvalue weighted by atomic mass is 16.5. The van der Waals surface area contributed by atoms with Crippen LogP contribution >= 0.6 is 0 Å². The third-order valence-corrected chi connectivity index (χ3v) is 5.36. The summed E-state index contributed by atoms with van der Waals surface area (Å²) in [6.45, 7) is 1.62. The summed E-state index contributed by atoms with van der Waals surface area (Å²) < 4.78 is 8.15. The monoisotopic (exact) mass is 422 g/mol. The first kappa shape index (κ1) is 20.4. The number of carbonyl (C=O) groups excluding carboxylic acids is 2. The molecule has 0 aliphatic carbocycles. The number of likely N-dealkylation sites (N-methyl/N-ethyl adjacent to an activating group) is 1. The minimum Gasteiger partial charge on any atom is -0.477 e. The average Bonchev–Trinajstić information content (AvgIpc) is 2.80. The van der Waals surface area contributed by atoms with Crippen LogP contribution in [0.4, 0.5) is 5.69 Å². The highest BCUT2D eigenvalue weighted by molar-refractivity contribution is 5.97. The molecule has 0 fully saturated rings. The Kier molecular flexibility index (Phi) is 5.33. The lowest BCUT2D eigenvalue weighted by Crippen LogP contribution is -2.51. The number of aromatic nitrogens is 2. The molecule has 1 N–H and O–H groups in total. The number of fused-ring (bicyclic) bond motifs is 2. The van der Waals surface area contributed by atoms with Crippen molar-refractivity contribution >= 4 is 28.4 Å². The molecule has 1 aromatic heterocycles. The fourth-order valence-electron chi connectivity index (χ4n) is 3.79. The molecule has 0 saturated carbocycles. The zero-order chi connectivity index (χ0) is 22.1. The van der Waals surface area contributed by atoms with E-state index in [4.69, 9.17) is 4.74 Å². The highest BCUT2D eigenvalue weighted by Crippen LogP contribution is 2.33. The maximum atomic E-state index is 13.4. The lowest BCUT2D eigenvalue weighted by Gasteiger charge is -2.34. The topological polar surface area (TPSA) is 103 Å². The molecule has 1 unspecified atom stereocenters. The van der Waals surface area contributed by atoms with Gasteiger partial charge in [0.2, 0.25) is 5.91 Å². The molecule has 2 aromatic carbocycles. The van der Waals surface area contributed by atoms with Crippen molar-refractivity contribution in [2.45, 2.75) is 26.1 Å². The Labute approximate surface area is 177 Å². The average molecular weight is 422 g/mol. The van der Waals surface area contributed by atoms with Crippen LogP contribution in [-0.2, 0) is 22.7 Å². The third kappa shape index (κ3) is 3.48. The largest absolute Gasteiger partial charge is 0.477 e. The number of ether oxygens (including phenoxy) is 1. The number of nitrogens with zero attached hydrogens (tertiary/aromatic N) is 3. The summed E-state index contributed by atoms with van der Waals surface area (Å²) in [5, 5.41) is 2.90. The zero-order valence-electron chi connectivity index (χ0n) is 17.2. The van der Waals surface area contributed by atoms with Crippen molar-refractivity contribution in [2.24, 2.45) is 0 Å². The van der Waals surface area contributed by atoms with Crippen molar-refractivity contribution in [3.05, 3.63) is 69.4 Å². The molecular formula is C22H22N4O5. The molecule has 2 heterocycles. The Morgan fingerprint density at radius 2 is 1.77 bits per heavy atom. The van der Waals surface area contributed by atoms with E-state index < -0.39 is 17.7 Å². The molecule has 0 radical (unpaired) electrons. The number of para-hydroxylation sites is 3. The van der Waals surface area contributed by atoms with Gasteiger partial charge in [-0.2, -0.15) is 0 Å². The van der Waals surface area contributed by atoms with E-state index in [0.717, 1.165) is 4.57 Å². The molecule has 160 valence electrons. The summed E-state index contributed by atoms with van der Waals surface area (Å²) in [5.41, 5.74) is -0.0269. The van der Waals surface area contributed by atoms with Crippen molar-refractivity contribution in [3.8, 4) is 5.75 Å². The first-order valence-corrected chi connectivity index (χ1v) is 9.96. The summed E-state index contributed by atoms with van der Waals surface area (Å²) in [4.78, 5) is 52.6. The Morgan fingerprint density at radius 1 is 1.06 bits per heavy atom. The quantitative estimate of drug-likeness (QED) is 0.668. The molecule has 0 saturated heterocycles. The van der Waals surface area contributed by atoms with Crippen molar-refractivity contribution in [1.29, 1.82) is 0 Å². The Bertz CT molecular complexity index is 1290. The molecule has 9 heteroatoms. The van der Waals surface area contributed by atoms with E-state index in [1.54, 1.807) is 55.5 Å². The van der Waals surface area contributed by atoms with Gasteiger partial charge < -0.3 is 15.0 Å². The number of amides is 2. The Morgan fingerprint density at radius 3 is 2.52 bits per heavy atom. The van der Waals surface area contributed by atoms with E-state index in [1.807, 2.05) is 0 Å². The standard InChI is InChI=1S/C22H22N4O5/c1-3-24-21(29)14-8-4-5-9-15(14)26(22(24)30)13-19(27)25-12-18(20(28)23-2)31-17-11-7-6-10-16(17)25/h4-11,18H,3,12-13H2,1-2H3,(H,23,28). The van der Waals surface area contributed by atoms with E-state index in [2.05, 4.69) is 5.32 Å². The van der Waals surface area contributed by atoms with Crippen molar-refractivity contribution in [3.63, 3.8) is 0 Å². The fourth-order valence-corrected chi connectivity index (χ4v) is 3.79. The van der Waals surface area contributed by atoms with Crippen LogP contribution in [0.3, 0.4) is 0 Å². The van der Waals surface area contributed by atoms with E-state index in [-0.39, 0.29) is 31.1 Å². The molecular weight excluding hydrogens is 400 g/mol. The number of benzene rings is 2. The molecule has 1 atom stereocenters. The van der Waals surface area contributed by atoms with Crippen LogP contribution in [0.2, 0.25) is 0 Å². The van der Waals surface area contributed by atoms with Gasteiger partial charge in [0.05, 0.1) is 23.1 Å². The maximum absolute atomic E-state index is 13.4. The predicted octanol–water partition coefficient (Wildman–Crippen LogP) is 0.723. The third-order valence-electron chi connectivity index (χ3n) is 5.36. The van der Waals surface area contributed by atoms with Crippen molar-refractivity contribution in [2.75, 3.05) is 18.5 Å². The molecule has 3 aromatic rings. The van der Waals surface area contributed by atoms with Crippen LogP contribution in [0, 0.1) is 0 Å². The first-order chi connectivity index (χ1) is 15.0. The van der Waals surface area contributed by atoms with E-state index in [0.29, 0.717) is 22.3 Å². The van der Waals surface area contributed by atoms with Gasteiger partial charge in [-0.15, -0.1) is 0 Å². The van der Waals surface area contributed by atoms with Gasteiger partial charge in [-0.25, -0.2) is 4.79 Å². The van der Waals surface area contributed by atoms with E-state index in [9.17, 15) is 19.2 Å². The lowest BCUT2D eigenvalue weighted by atomic mass is 10.1. The Hall–Kier alpha value is -3.88. The summed E-state index contributed by atoms with van der Waals surface area (Å²) in [6.07, 6.45) is -0.873. The van der Waals surface area contributed by atoms with E-state index in [1.165, 1.54) is 16.5 Å². The van der Waals surface area contributed by atoms with Gasteiger partial charge in [0.25, 0.3) is 11.5 Å². The molecule has 31 heavy (non-hydrogen) atoms. The SMILES string of the molecule is CCn1c(=O)c2ccccc2n(CC(=O)N2CC(C(=O)NC)Oc3ccccc32)c1=O. The van der Waals surface area contributed by atoms with Gasteiger partial charge >= 0.3 is 5.69 Å². The number of hydrogen-bond donors (Lipinski definition) is 1. The van der Waals surface area contributed by atoms with Gasteiger partial charge in [-0.3, -0.25) is 23.5 Å². The number of anilines is 1. The van der Waals surface area contributed by atoms with Gasteiger partial charge in [0.1, 0.15) is 12.3 Å². The fraction of sp³-hybridized carbons (Fsp3) is 0.273. The number of hydrogen-bond acceptors (Lipinski definition) is 5. The van der Waals surface area contributed by atoms with Crippen LogP contribution in [0.25, 0.3) is 10.9 Å². The molecule has 9 nitrogen and oxygen atoms in total. The number of rotatable bonds is 4. The van der Waals surface area contributed by atoms with E-state index >= 15 is 0 Å². The number of carbonyl (C=O) groups is 2. The summed E-state index contributed by atoms with van der Waals surface area (Å²) in [6, 6.07) is 13.6. The Balaban J connectivity index is 1.78. The lowest BCUT2D eigenvalue weighted by molar-refractivity contribution is -0.128. The normalized spacial score (nSPS) is 15.3. The highest BCUT2D eigenvalue weighted by Gasteiger charge is 2.33. The van der Waals surface area contributed by atoms with Gasteiger partial charge in [0, 0.05) is 13.6 Å². The summed E-state index contributed by atoms with van der Waals surface area (Å²) in [7, 11) is 1.50. The zero-order valence-corrected chi connectivity index (χ0v) is 17.2. The molecule has 0 bridgehead atoms. The second kappa shape index (κ2) is 8.10. The van der Waals surface area contributed by atoms with Crippen LogP contribution in [0.15, 0.2) is 58.1 Å². The maximum Gasteiger partial charge on any atom is 0.331 e. The second-order valence-corrected chi connectivity index (χ2v) is 7.13. The summed E-state index contributed by atoms with van der Waals surface area (Å²) >= 11 is 0. The van der Waals surface area contributed by atoms with Crippen molar-refractivity contribution in [1.82, 2.24) is 14.5 Å². The van der Waals surface area contributed by atoms with Crippen LogP contribution in [0.5, 0.6) is 5.75 Å². The second-order valence-electron chi connectivity index (χ2n) is 7.13. The van der Waals surface area contributed by atoms with Crippen LogP contribution in [0.1, 0.15) is 6.92 Å². The molecule has 2 amide bonds. The van der Waals surface area contributed by atoms with Crippen LogP contribution < -0.4 is 26.2 Å². The number of nitrogens with one attached hydrogen (secondary N) is 1. The van der Waals surface area contributed by atoms with Gasteiger partial charge in [0.15, 0.2) is 6.10 Å². The smallest absolute Gasteiger partial charge is 0.331 e. The molecule has 4 rings (SSSR count). The molecule has 1 aliphatic heterocycles. The predicted molar refractivity (Wildman–Crippen MR) is 115 cm³/mol.